The van der Waals surface area contributed by atoms with Gasteiger partial charge in [-0.25, -0.2) is 4.39 Å². The molecule has 182 valence electrons. The predicted octanol–water partition coefficient (Wildman–Crippen LogP) is 3.23. The molecule has 2 heterocycles. The molecule has 2 aromatic carbocycles. The van der Waals surface area contributed by atoms with E-state index in [4.69, 9.17) is 0 Å². The van der Waals surface area contributed by atoms with Crippen LogP contribution in [0.1, 0.15) is 27.9 Å². The maximum absolute atomic E-state index is 13.4. The molecule has 1 aliphatic rings. The fourth-order valence-corrected chi connectivity index (χ4v) is 4.66. The van der Waals surface area contributed by atoms with Crippen molar-refractivity contribution in [1.29, 1.82) is 5.26 Å². The van der Waals surface area contributed by atoms with Gasteiger partial charge < -0.3 is 19.3 Å². The van der Waals surface area contributed by atoms with Gasteiger partial charge in [-0.05, 0) is 70.4 Å². The molecule has 1 saturated heterocycles. The Bertz CT molecular complexity index is 1330. The Kier molecular flexibility index (Phi) is 7.17. The lowest BCUT2D eigenvalue weighted by molar-refractivity contribution is 0.0747. The van der Waals surface area contributed by atoms with Gasteiger partial charge in [0.05, 0.1) is 11.2 Å². The third-order valence-electron chi connectivity index (χ3n) is 6.47. The van der Waals surface area contributed by atoms with Gasteiger partial charge in [0.25, 0.3) is 11.5 Å². The Hall–Kier alpha value is -3.70. The maximum Gasteiger partial charge on any atom is 0.271 e. The molecule has 0 bridgehead atoms. The van der Waals surface area contributed by atoms with E-state index in [0.29, 0.717) is 44.0 Å². The minimum absolute atomic E-state index is 0.145. The molecule has 0 unspecified atom stereocenters. The highest BCUT2D eigenvalue weighted by molar-refractivity contribution is 5.96. The third kappa shape index (κ3) is 5.05. The van der Waals surface area contributed by atoms with Crippen LogP contribution in [0.5, 0.6) is 0 Å². The Morgan fingerprint density at radius 2 is 1.77 bits per heavy atom. The molecule has 1 aromatic heterocycles. The molecule has 0 spiro atoms. The van der Waals surface area contributed by atoms with Gasteiger partial charge in [0.1, 0.15) is 17.4 Å². The van der Waals surface area contributed by atoms with Crippen molar-refractivity contribution in [2.24, 2.45) is 0 Å². The zero-order valence-corrected chi connectivity index (χ0v) is 20.4. The van der Waals surface area contributed by atoms with E-state index >= 15 is 0 Å². The Morgan fingerprint density at radius 1 is 1.09 bits per heavy atom. The second-order valence-electron chi connectivity index (χ2n) is 9.26. The second kappa shape index (κ2) is 10.3. The molecule has 0 aliphatic carbocycles. The molecular formula is C27H30FN5O2. The highest BCUT2D eigenvalue weighted by Gasteiger charge is 2.27. The molecular weight excluding hydrogens is 445 g/mol. The highest BCUT2D eigenvalue weighted by atomic mass is 19.1. The molecule has 1 aliphatic heterocycles. The summed E-state index contributed by atoms with van der Waals surface area (Å²) in [4.78, 5) is 32.1. The van der Waals surface area contributed by atoms with Crippen molar-refractivity contribution in [1.82, 2.24) is 14.4 Å². The number of piperazine rings is 1. The fraction of sp³-hybridized carbons (Fsp3) is 0.370. The summed E-state index contributed by atoms with van der Waals surface area (Å²) < 4.78 is 15.0. The molecule has 4 rings (SSSR count). The summed E-state index contributed by atoms with van der Waals surface area (Å²) in [6, 6.07) is 13.7. The first kappa shape index (κ1) is 24.4. The number of benzene rings is 2. The van der Waals surface area contributed by atoms with E-state index in [1.165, 1.54) is 24.3 Å². The van der Waals surface area contributed by atoms with Gasteiger partial charge in [0.15, 0.2) is 0 Å². The number of pyridine rings is 1. The summed E-state index contributed by atoms with van der Waals surface area (Å²) in [5, 5.41) is 10.9. The largest absolute Gasteiger partial charge is 0.366 e. The van der Waals surface area contributed by atoms with Gasteiger partial charge in [-0.1, -0.05) is 11.6 Å². The number of halogens is 1. The molecule has 0 radical (unpaired) electrons. The van der Waals surface area contributed by atoms with Gasteiger partial charge in [-0.3, -0.25) is 9.59 Å². The van der Waals surface area contributed by atoms with Crippen LogP contribution in [0.3, 0.4) is 0 Å². The summed E-state index contributed by atoms with van der Waals surface area (Å²) in [5.74, 6) is -0.531. The molecule has 35 heavy (non-hydrogen) atoms. The smallest absolute Gasteiger partial charge is 0.271 e. The van der Waals surface area contributed by atoms with Crippen LogP contribution in [-0.4, -0.2) is 67.1 Å². The number of carbonyl (C=O) groups is 1. The molecule has 0 N–H and O–H groups in total. The van der Waals surface area contributed by atoms with Crippen LogP contribution in [0.15, 0.2) is 47.3 Å². The zero-order valence-electron chi connectivity index (χ0n) is 20.4. The summed E-state index contributed by atoms with van der Waals surface area (Å²) in [6.07, 6.45) is 0.796. The van der Waals surface area contributed by atoms with E-state index < -0.39 is 0 Å². The Morgan fingerprint density at radius 3 is 2.40 bits per heavy atom. The molecule has 3 aromatic rings. The normalized spacial score (nSPS) is 13.9. The summed E-state index contributed by atoms with van der Waals surface area (Å²) in [6.45, 7) is 5.25. The number of nitriles is 1. The highest BCUT2D eigenvalue weighted by Crippen LogP contribution is 2.31. The van der Waals surface area contributed by atoms with E-state index in [-0.39, 0.29) is 22.8 Å². The standard InChI is InChI=1S/C27H30FN5O2/c1-19-5-10-24-22(17-19)25(23(18-29)27(35)33(24)12-4-11-30(2)3)31-13-15-32(16-14-31)26(34)20-6-8-21(28)9-7-20/h5-10,17H,4,11-16H2,1-3H3. The first-order valence-corrected chi connectivity index (χ1v) is 11.8. The van der Waals surface area contributed by atoms with Crippen LogP contribution >= 0.6 is 0 Å². The molecule has 7 nitrogen and oxygen atoms in total. The van der Waals surface area contributed by atoms with Crippen LogP contribution in [0, 0.1) is 24.1 Å². The molecule has 1 fully saturated rings. The number of amides is 1. The Balaban J connectivity index is 1.66. The van der Waals surface area contributed by atoms with Crippen molar-refractivity contribution in [2.45, 2.75) is 19.9 Å². The quantitative estimate of drug-likeness (QED) is 0.547. The average molecular weight is 476 g/mol. The zero-order chi connectivity index (χ0) is 25.1. The van der Waals surface area contributed by atoms with Crippen molar-refractivity contribution in [3.63, 3.8) is 0 Å². The van der Waals surface area contributed by atoms with Gasteiger partial charge >= 0.3 is 0 Å². The fourth-order valence-electron chi connectivity index (χ4n) is 4.66. The van der Waals surface area contributed by atoms with Gasteiger partial charge in [-0.2, -0.15) is 5.26 Å². The number of hydrogen-bond acceptors (Lipinski definition) is 5. The van der Waals surface area contributed by atoms with E-state index in [2.05, 4.69) is 11.0 Å². The van der Waals surface area contributed by atoms with Crippen molar-refractivity contribution < 1.29 is 9.18 Å². The lowest BCUT2D eigenvalue weighted by atomic mass is 10.0. The third-order valence-corrected chi connectivity index (χ3v) is 6.47. The maximum atomic E-state index is 13.4. The number of fused-ring (bicyclic) bond motifs is 1. The van der Waals surface area contributed by atoms with Crippen molar-refractivity contribution in [3.05, 3.63) is 75.3 Å². The van der Waals surface area contributed by atoms with Crippen LogP contribution in [0.2, 0.25) is 0 Å². The minimum Gasteiger partial charge on any atom is -0.366 e. The average Bonchev–Trinajstić information content (AvgIpc) is 2.85. The first-order chi connectivity index (χ1) is 16.8. The molecule has 0 saturated carbocycles. The van der Waals surface area contributed by atoms with Crippen LogP contribution in [0.4, 0.5) is 10.1 Å². The minimum atomic E-state index is -0.381. The SMILES string of the molecule is Cc1ccc2c(c1)c(N1CCN(C(=O)c3ccc(F)cc3)CC1)c(C#N)c(=O)n2CCCN(C)C. The number of anilines is 1. The number of carbonyl (C=O) groups excluding carboxylic acids is 1. The van der Waals surface area contributed by atoms with Gasteiger partial charge in [-0.15, -0.1) is 0 Å². The number of hydrogen-bond donors (Lipinski definition) is 0. The van der Waals surface area contributed by atoms with E-state index in [9.17, 15) is 19.2 Å². The van der Waals surface area contributed by atoms with E-state index in [1.807, 2.05) is 44.1 Å². The molecule has 1 amide bonds. The van der Waals surface area contributed by atoms with Gasteiger partial charge in [0.2, 0.25) is 0 Å². The lowest BCUT2D eigenvalue weighted by Gasteiger charge is -2.37. The van der Waals surface area contributed by atoms with Crippen LogP contribution in [-0.2, 0) is 6.54 Å². The number of aryl methyl sites for hydroxylation is 2. The second-order valence-corrected chi connectivity index (χ2v) is 9.26. The van der Waals surface area contributed by atoms with Crippen LogP contribution in [0.25, 0.3) is 10.9 Å². The van der Waals surface area contributed by atoms with Crippen LogP contribution < -0.4 is 10.5 Å². The summed E-state index contributed by atoms with van der Waals surface area (Å²) >= 11 is 0. The monoisotopic (exact) mass is 475 g/mol. The van der Waals surface area contributed by atoms with E-state index in [0.717, 1.165) is 29.4 Å². The van der Waals surface area contributed by atoms with E-state index in [1.54, 1.807) is 9.47 Å². The lowest BCUT2D eigenvalue weighted by Crippen LogP contribution is -2.49. The Labute approximate surface area is 204 Å². The molecule has 0 atom stereocenters. The number of nitrogens with zero attached hydrogens (tertiary/aromatic N) is 5. The molecule has 8 heteroatoms. The summed E-state index contributed by atoms with van der Waals surface area (Å²) in [5.41, 5.74) is 2.83. The topological polar surface area (TPSA) is 72.6 Å². The van der Waals surface area contributed by atoms with Crippen molar-refractivity contribution in [2.75, 3.05) is 51.7 Å². The first-order valence-electron chi connectivity index (χ1n) is 11.8. The number of aromatic nitrogens is 1. The number of rotatable bonds is 6. The van der Waals surface area contributed by atoms with Crippen molar-refractivity contribution in [3.8, 4) is 6.07 Å². The predicted molar refractivity (Wildman–Crippen MR) is 135 cm³/mol. The van der Waals surface area contributed by atoms with Gasteiger partial charge in [0, 0.05) is 43.7 Å². The van der Waals surface area contributed by atoms with Crippen molar-refractivity contribution >= 4 is 22.5 Å². The summed E-state index contributed by atoms with van der Waals surface area (Å²) in [7, 11) is 3.99.